The maximum absolute atomic E-state index is 11.6. The minimum Gasteiger partial charge on any atom is -0.354 e. The van der Waals surface area contributed by atoms with Gasteiger partial charge in [0.2, 0.25) is 0 Å². The van der Waals surface area contributed by atoms with Gasteiger partial charge in [-0.2, -0.15) is 5.10 Å². The summed E-state index contributed by atoms with van der Waals surface area (Å²) in [7, 11) is 1.56. The molecule has 0 aromatic carbocycles. The van der Waals surface area contributed by atoms with Crippen molar-refractivity contribution in [2.24, 2.45) is 5.84 Å². The molecule has 1 amide bonds. The number of rotatable bonds is 5. The maximum Gasteiger partial charge on any atom is 0.271 e. The summed E-state index contributed by atoms with van der Waals surface area (Å²) < 4.78 is 1.56. The highest BCUT2D eigenvalue weighted by Crippen LogP contribution is 2.18. The molecule has 4 N–H and O–H groups in total. The zero-order valence-corrected chi connectivity index (χ0v) is 12.3. The van der Waals surface area contributed by atoms with Crippen molar-refractivity contribution >= 4 is 11.7 Å². The number of aromatic nitrogens is 4. The van der Waals surface area contributed by atoms with Crippen LogP contribution in [0.1, 0.15) is 35.2 Å². The first-order chi connectivity index (χ1) is 10.1. The molecule has 0 bridgehead atoms. The third-order valence-electron chi connectivity index (χ3n) is 3.04. The van der Waals surface area contributed by atoms with Crippen LogP contribution in [0.15, 0.2) is 12.3 Å². The van der Waals surface area contributed by atoms with Gasteiger partial charge in [-0.1, -0.05) is 6.92 Å². The van der Waals surface area contributed by atoms with E-state index in [9.17, 15) is 4.79 Å². The molecule has 21 heavy (non-hydrogen) atoms. The van der Waals surface area contributed by atoms with E-state index in [-0.39, 0.29) is 5.91 Å². The van der Waals surface area contributed by atoms with Crippen molar-refractivity contribution in [3.63, 3.8) is 0 Å². The van der Waals surface area contributed by atoms with E-state index in [4.69, 9.17) is 5.84 Å². The molecule has 0 fully saturated rings. The summed E-state index contributed by atoms with van der Waals surface area (Å²) in [5.74, 6) is 7.11. The number of nitrogen functional groups attached to an aromatic ring is 1. The summed E-state index contributed by atoms with van der Waals surface area (Å²) in [4.78, 5) is 20.4. The Balaban J connectivity index is 2.49. The van der Waals surface area contributed by atoms with Gasteiger partial charge in [-0.3, -0.25) is 4.79 Å². The van der Waals surface area contributed by atoms with Crippen molar-refractivity contribution in [3.05, 3.63) is 29.3 Å². The molecule has 0 unspecified atom stereocenters. The number of hydrazine groups is 1. The van der Waals surface area contributed by atoms with Crippen molar-refractivity contribution < 1.29 is 4.79 Å². The first-order valence-electron chi connectivity index (χ1n) is 6.73. The van der Waals surface area contributed by atoms with Gasteiger partial charge in [0.25, 0.3) is 5.91 Å². The number of amides is 1. The minimum absolute atomic E-state index is 0.244. The van der Waals surface area contributed by atoms with Crippen molar-refractivity contribution in [2.75, 3.05) is 12.5 Å². The van der Waals surface area contributed by atoms with Gasteiger partial charge < -0.3 is 10.7 Å². The van der Waals surface area contributed by atoms with E-state index in [1.807, 2.05) is 6.92 Å². The normalized spacial score (nSPS) is 10.5. The molecule has 2 aromatic heterocycles. The molecule has 0 saturated carbocycles. The topological polar surface area (TPSA) is 111 Å². The van der Waals surface area contributed by atoms with Crippen molar-refractivity contribution in [3.8, 4) is 5.82 Å². The number of anilines is 1. The van der Waals surface area contributed by atoms with Crippen LogP contribution in [0.3, 0.4) is 0 Å². The highest BCUT2D eigenvalue weighted by atomic mass is 16.1. The number of hydrogen-bond donors (Lipinski definition) is 3. The van der Waals surface area contributed by atoms with Crippen LogP contribution < -0.4 is 16.6 Å². The van der Waals surface area contributed by atoms with E-state index in [1.165, 1.54) is 0 Å². The Labute approximate surface area is 122 Å². The van der Waals surface area contributed by atoms with Gasteiger partial charge >= 0.3 is 0 Å². The number of nitrogens with two attached hydrogens (primary N) is 1. The molecule has 0 radical (unpaired) electrons. The van der Waals surface area contributed by atoms with E-state index in [0.717, 1.165) is 18.4 Å². The number of carbonyl (C=O) groups excluding carboxylic acids is 1. The van der Waals surface area contributed by atoms with Crippen LogP contribution in [0.2, 0.25) is 0 Å². The predicted octanol–water partition coefficient (Wildman–Crippen LogP) is 0.568. The Morgan fingerprint density at radius 3 is 2.81 bits per heavy atom. The van der Waals surface area contributed by atoms with Crippen LogP contribution >= 0.6 is 0 Å². The van der Waals surface area contributed by atoms with E-state index >= 15 is 0 Å². The fraction of sp³-hybridized carbons (Fsp3) is 0.385. The molecule has 0 saturated heterocycles. The predicted molar refractivity (Wildman–Crippen MR) is 79.1 cm³/mol. The lowest BCUT2D eigenvalue weighted by Crippen LogP contribution is -2.19. The molecular weight excluding hydrogens is 270 g/mol. The van der Waals surface area contributed by atoms with Crippen LogP contribution in [0.4, 0.5) is 5.82 Å². The fourth-order valence-electron chi connectivity index (χ4n) is 1.94. The van der Waals surface area contributed by atoms with Crippen LogP contribution in [0, 0.1) is 6.92 Å². The molecular formula is C13H19N7O. The lowest BCUT2D eigenvalue weighted by Gasteiger charge is -2.11. The van der Waals surface area contributed by atoms with Crippen LogP contribution in [-0.2, 0) is 6.42 Å². The van der Waals surface area contributed by atoms with Crippen molar-refractivity contribution in [1.29, 1.82) is 0 Å². The zero-order valence-electron chi connectivity index (χ0n) is 12.3. The Bertz CT molecular complexity index is 650. The van der Waals surface area contributed by atoms with Gasteiger partial charge in [-0.05, 0) is 19.4 Å². The molecule has 8 nitrogen and oxygen atoms in total. The summed E-state index contributed by atoms with van der Waals surface area (Å²) >= 11 is 0. The molecule has 0 aliphatic heterocycles. The molecule has 0 spiro atoms. The van der Waals surface area contributed by atoms with Gasteiger partial charge in [0.05, 0.1) is 0 Å². The van der Waals surface area contributed by atoms with E-state index in [0.29, 0.717) is 23.2 Å². The monoisotopic (exact) mass is 289 g/mol. The van der Waals surface area contributed by atoms with E-state index in [2.05, 4.69) is 32.7 Å². The standard InChI is InChI=1S/C13H19N7O/c1-4-5-10-16-11(18-14)8(2)12(17-10)20-7-6-9(19-20)13(21)15-3/h6-7H,4-5,14H2,1-3H3,(H,15,21)(H,16,17,18). The largest absolute Gasteiger partial charge is 0.354 e. The zero-order chi connectivity index (χ0) is 15.4. The quantitative estimate of drug-likeness (QED) is 0.548. The highest BCUT2D eigenvalue weighted by molar-refractivity contribution is 5.91. The van der Waals surface area contributed by atoms with Crippen molar-refractivity contribution in [1.82, 2.24) is 25.1 Å². The first kappa shape index (κ1) is 14.9. The number of hydrogen-bond acceptors (Lipinski definition) is 6. The molecule has 2 aromatic rings. The fourth-order valence-corrected chi connectivity index (χ4v) is 1.94. The highest BCUT2D eigenvalue weighted by Gasteiger charge is 2.14. The smallest absolute Gasteiger partial charge is 0.271 e. The Hall–Kier alpha value is -2.48. The minimum atomic E-state index is -0.244. The molecule has 8 heteroatoms. The third kappa shape index (κ3) is 3.00. The van der Waals surface area contributed by atoms with E-state index in [1.54, 1.807) is 24.0 Å². The molecule has 112 valence electrons. The van der Waals surface area contributed by atoms with Gasteiger partial charge in [0, 0.05) is 25.2 Å². The second-order valence-electron chi connectivity index (χ2n) is 4.56. The average Bonchev–Trinajstić information content (AvgIpc) is 2.98. The lowest BCUT2D eigenvalue weighted by molar-refractivity contribution is 0.0957. The summed E-state index contributed by atoms with van der Waals surface area (Å²) in [5.41, 5.74) is 3.67. The number of nitrogens with zero attached hydrogens (tertiary/aromatic N) is 4. The van der Waals surface area contributed by atoms with Crippen LogP contribution in [0.25, 0.3) is 5.82 Å². The Morgan fingerprint density at radius 1 is 1.43 bits per heavy atom. The lowest BCUT2D eigenvalue weighted by atomic mass is 10.2. The summed E-state index contributed by atoms with van der Waals surface area (Å²) in [5, 5.41) is 6.77. The SMILES string of the molecule is CCCc1nc(NN)c(C)c(-n2ccc(C(=O)NC)n2)n1. The molecule has 2 rings (SSSR count). The Kier molecular flexibility index (Phi) is 4.49. The summed E-state index contributed by atoms with van der Waals surface area (Å²) in [6, 6.07) is 1.63. The summed E-state index contributed by atoms with van der Waals surface area (Å²) in [6.45, 7) is 3.90. The van der Waals surface area contributed by atoms with Crippen molar-refractivity contribution in [2.45, 2.75) is 26.7 Å². The number of nitrogens with one attached hydrogen (secondary N) is 2. The molecule has 2 heterocycles. The molecule has 0 atom stereocenters. The number of carbonyl (C=O) groups is 1. The summed E-state index contributed by atoms with van der Waals surface area (Å²) in [6.07, 6.45) is 3.36. The van der Waals surface area contributed by atoms with Gasteiger partial charge in [-0.15, -0.1) is 0 Å². The third-order valence-corrected chi connectivity index (χ3v) is 3.04. The van der Waals surface area contributed by atoms with Gasteiger partial charge in [-0.25, -0.2) is 20.5 Å². The second-order valence-corrected chi connectivity index (χ2v) is 4.56. The van der Waals surface area contributed by atoms with Crippen LogP contribution in [-0.4, -0.2) is 32.7 Å². The van der Waals surface area contributed by atoms with Crippen LogP contribution in [0.5, 0.6) is 0 Å². The average molecular weight is 289 g/mol. The molecule has 0 aliphatic rings. The first-order valence-corrected chi connectivity index (χ1v) is 6.73. The van der Waals surface area contributed by atoms with Gasteiger partial charge in [0.1, 0.15) is 11.6 Å². The van der Waals surface area contributed by atoms with E-state index < -0.39 is 0 Å². The molecule has 0 aliphatic carbocycles. The Morgan fingerprint density at radius 2 is 2.19 bits per heavy atom. The number of aryl methyl sites for hydroxylation is 1. The van der Waals surface area contributed by atoms with Gasteiger partial charge in [0.15, 0.2) is 11.5 Å². The maximum atomic E-state index is 11.6. The second kappa shape index (κ2) is 6.31.